The van der Waals surface area contributed by atoms with Gasteiger partial charge in [0.15, 0.2) is 0 Å². The van der Waals surface area contributed by atoms with Gasteiger partial charge in [0, 0.05) is 32.2 Å². The second-order valence-electron chi connectivity index (χ2n) is 5.79. The number of hydrogen-bond donors (Lipinski definition) is 1. The molecule has 110 valence electrons. The maximum absolute atomic E-state index is 11.1. The van der Waals surface area contributed by atoms with Gasteiger partial charge >= 0.3 is 0 Å². The lowest BCUT2D eigenvalue weighted by atomic mass is 10.0. The number of nitrogens with zero attached hydrogens (tertiary/aromatic N) is 2. The second kappa shape index (κ2) is 6.22. The van der Waals surface area contributed by atoms with Crippen molar-refractivity contribution >= 4 is 11.4 Å². The molecule has 2 rings (SSSR count). The molecule has 1 fully saturated rings. The van der Waals surface area contributed by atoms with E-state index in [0.717, 1.165) is 25.2 Å². The molecule has 1 aromatic rings. The largest absolute Gasteiger partial charge is 0.380 e. The summed E-state index contributed by atoms with van der Waals surface area (Å²) < 4.78 is 0. The summed E-state index contributed by atoms with van der Waals surface area (Å²) in [5, 5.41) is 14.2. The van der Waals surface area contributed by atoms with Crippen molar-refractivity contribution in [2.75, 3.05) is 25.0 Å². The van der Waals surface area contributed by atoms with Gasteiger partial charge in [-0.25, -0.2) is 0 Å². The molecule has 1 aliphatic rings. The van der Waals surface area contributed by atoms with Gasteiger partial charge in [-0.1, -0.05) is 19.9 Å². The SMILES string of the molecule is CCNc1ccc(CN2CC(C)C(C)C2)cc1[N+](=O)[O-]. The molecule has 2 atom stereocenters. The zero-order chi connectivity index (χ0) is 14.7. The Morgan fingerprint density at radius 1 is 1.35 bits per heavy atom. The van der Waals surface area contributed by atoms with E-state index >= 15 is 0 Å². The van der Waals surface area contributed by atoms with Crippen LogP contribution in [0.2, 0.25) is 0 Å². The van der Waals surface area contributed by atoms with Gasteiger partial charge in [0.2, 0.25) is 0 Å². The summed E-state index contributed by atoms with van der Waals surface area (Å²) in [5.41, 5.74) is 1.79. The lowest BCUT2D eigenvalue weighted by Crippen LogP contribution is -2.20. The minimum absolute atomic E-state index is 0.171. The van der Waals surface area contributed by atoms with E-state index in [4.69, 9.17) is 0 Å². The smallest absolute Gasteiger partial charge is 0.292 e. The Bertz CT molecular complexity index is 480. The van der Waals surface area contributed by atoms with E-state index in [9.17, 15) is 10.1 Å². The zero-order valence-electron chi connectivity index (χ0n) is 12.4. The lowest BCUT2D eigenvalue weighted by molar-refractivity contribution is -0.384. The van der Waals surface area contributed by atoms with Crippen molar-refractivity contribution in [3.63, 3.8) is 0 Å². The number of likely N-dealkylation sites (tertiary alicyclic amines) is 1. The van der Waals surface area contributed by atoms with Gasteiger partial charge in [0.1, 0.15) is 5.69 Å². The summed E-state index contributed by atoms with van der Waals surface area (Å²) in [6.45, 7) is 10.1. The molecule has 0 spiro atoms. The molecule has 0 radical (unpaired) electrons. The number of nitro benzene ring substituents is 1. The maximum Gasteiger partial charge on any atom is 0.292 e. The van der Waals surface area contributed by atoms with Crippen molar-refractivity contribution in [3.05, 3.63) is 33.9 Å². The summed E-state index contributed by atoms with van der Waals surface area (Å²) in [5.74, 6) is 1.40. The Morgan fingerprint density at radius 2 is 2.00 bits per heavy atom. The van der Waals surface area contributed by atoms with Gasteiger partial charge in [-0.3, -0.25) is 15.0 Å². The van der Waals surface area contributed by atoms with E-state index in [-0.39, 0.29) is 10.6 Å². The van der Waals surface area contributed by atoms with Crippen LogP contribution in [0.25, 0.3) is 0 Å². The molecule has 5 nitrogen and oxygen atoms in total. The van der Waals surface area contributed by atoms with Crippen molar-refractivity contribution in [2.45, 2.75) is 27.3 Å². The number of benzene rings is 1. The first-order valence-corrected chi connectivity index (χ1v) is 7.24. The molecule has 2 unspecified atom stereocenters. The van der Waals surface area contributed by atoms with Crippen LogP contribution in [0.3, 0.4) is 0 Å². The molecule has 1 N–H and O–H groups in total. The molecule has 1 saturated heterocycles. The third-order valence-electron chi connectivity index (χ3n) is 4.10. The van der Waals surface area contributed by atoms with Crippen LogP contribution in [0.4, 0.5) is 11.4 Å². The van der Waals surface area contributed by atoms with Gasteiger partial charge in [0.05, 0.1) is 4.92 Å². The van der Waals surface area contributed by atoms with E-state index in [1.54, 1.807) is 6.07 Å². The topological polar surface area (TPSA) is 58.4 Å². The van der Waals surface area contributed by atoms with Crippen molar-refractivity contribution in [1.82, 2.24) is 4.90 Å². The van der Waals surface area contributed by atoms with E-state index in [1.165, 1.54) is 0 Å². The fourth-order valence-corrected chi connectivity index (χ4v) is 2.80. The van der Waals surface area contributed by atoms with Crippen molar-refractivity contribution in [2.24, 2.45) is 11.8 Å². The molecule has 1 aliphatic heterocycles. The van der Waals surface area contributed by atoms with E-state index in [0.29, 0.717) is 24.1 Å². The Balaban J connectivity index is 2.13. The highest BCUT2D eigenvalue weighted by Crippen LogP contribution is 2.28. The Morgan fingerprint density at radius 3 is 2.55 bits per heavy atom. The Hall–Kier alpha value is -1.62. The molecule has 20 heavy (non-hydrogen) atoms. The Labute approximate surface area is 120 Å². The predicted octanol–water partition coefficient (Wildman–Crippen LogP) is 3.11. The molecule has 5 heteroatoms. The van der Waals surface area contributed by atoms with Crippen LogP contribution in [0.15, 0.2) is 18.2 Å². The second-order valence-corrected chi connectivity index (χ2v) is 5.79. The highest BCUT2D eigenvalue weighted by Gasteiger charge is 2.26. The summed E-state index contributed by atoms with van der Waals surface area (Å²) in [4.78, 5) is 13.2. The number of nitrogens with one attached hydrogen (secondary N) is 1. The average Bonchev–Trinajstić information content (AvgIpc) is 2.70. The van der Waals surface area contributed by atoms with Crippen LogP contribution in [-0.2, 0) is 6.54 Å². The quantitative estimate of drug-likeness (QED) is 0.663. The molecule has 1 heterocycles. The normalized spacial score (nSPS) is 22.9. The Kier molecular flexibility index (Phi) is 4.60. The minimum atomic E-state index is -0.309. The molecule has 0 bridgehead atoms. The standard InChI is InChI=1S/C15H23N3O2/c1-4-16-14-6-5-13(7-15(14)18(19)20)10-17-8-11(2)12(3)9-17/h5-7,11-12,16H,4,8-10H2,1-3H3. The monoisotopic (exact) mass is 277 g/mol. The van der Waals surface area contributed by atoms with Crippen LogP contribution in [0, 0.1) is 22.0 Å². The highest BCUT2D eigenvalue weighted by molar-refractivity contribution is 5.62. The van der Waals surface area contributed by atoms with Crippen LogP contribution < -0.4 is 5.32 Å². The van der Waals surface area contributed by atoms with Crippen LogP contribution in [-0.4, -0.2) is 29.5 Å². The molecule has 0 amide bonds. The van der Waals surface area contributed by atoms with Crippen LogP contribution in [0.5, 0.6) is 0 Å². The summed E-state index contributed by atoms with van der Waals surface area (Å²) in [6.07, 6.45) is 0. The summed E-state index contributed by atoms with van der Waals surface area (Å²) >= 11 is 0. The molecule has 0 aliphatic carbocycles. The van der Waals surface area contributed by atoms with Crippen molar-refractivity contribution in [1.29, 1.82) is 0 Å². The fraction of sp³-hybridized carbons (Fsp3) is 0.600. The number of rotatable bonds is 5. The zero-order valence-corrected chi connectivity index (χ0v) is 12.4. The van der Waals surface area contributed by atoms with E-state index in [1.807, 2.05) is 19.1 Å². The van der Waals surface area contributed by atoms with Gasteiger partial charge in [0.25, 0.3) is 5.69 Å². The third kappa shape index (κ3) is 3.28. The third-order valence-corrected chi connectivity index (χ3v) is 4.10. The first-order valence-electron chi connectivity index (χ1n) is 7.24. The first-order chi connectivity index (χ1) is 9.51. The first kappa shape index (κ1) is 14.8. The minimum Gasteiger partial charge on any atom is -0.380 e. The molecular weight excluding hydrogens is 254 g/mol. The molecule has 0 saturated carbocycles. The summed E-state index contributed by atoms with van der Waals surface area (Å²) in [7, 11) is 0. The van der Waals surface area contributed by atoms with E-state index in [2.05, 4.69) is 24.1 Å². The number of nitro groups is 1. The fourth-order valence-electron chi connectivity index (χ4n) is 2.80. The van der Waals surface area contributed by atoms with Crippen molar-refractivity contribution < 1.29 is 4.92 Å². The van der Waals surface area contributed by atoms with Gasteiger partial charge < -0.3 is 5.32 Å². The van der Waals surface area contributed by atoms with Crippen molar-refractivity contribution in [3.8, 4) is 0 Å². The molecule has 1 aromatic carbocycles. The lowest BCUT2D eigenvalue weighted by Gasteiger charge is -2.16. The maximum atomic E-state index is 11.1. The molecular formula is C15H23N3O2. The summed E-state index contributed by atoms with van der Waals surface area (Å²) in [6, 6.07) is 5.50. The van der Waals surface area contributed by atoms with Gasteiger partial charge in [-0.05, 0) is 30.4 Å². The highest BCUT2D eigenvalue weighted by atomic mass is 16.6. The number of anilines is 1. The van der Waals surface area contributed by atoms with Gasteiger partial charge in [-0.2, -0.15) is 0 Å². The average molecular weight is 277 g/mol. The van der Waals surface area contributed by atoms with E-state index < -0.39 is 0 Å². The molecule has 0 aromatic heterocycles. The van der Waals surface area contributed by atoms with Gasteiger partial charge in [-0.15, -0.1) is 0 Å². The predicted molar refractivity (Wildman–Crippen MR) is 80.9 cm³/mol. The van der Waals surface area contributed by atoms with Crippen LogP contribution in [0.1, 0.15) is 26.3 Å². The number of hydrogen-bond acceptors (Lipinski definition) is 4. The van der Waals surface area contributed by atoms with Crippen LogP contribution >= 0.6 is 0 Å².